The zero-order chi connectivity index (χ0) is 29.3. The normalized spacial score (nSPS) is 13.2. The zero-order valence-corrected chi connectivity index (χ0v) is 23.3. The van der Waals surface area contributed by atoms with Crippen molar-refractivity contribution in [3.8, 4) is 28.6 Å². The Kier molecular flexibility index (Phi) is 7.41. The Hall–Kier alpha value is -4.66. The molecule has 1 aromatic heterocycles. The van der Waals surface area contributed by atoms with Gasteiger partial charge < -0.3 is 23.7 Å². The smallest absolute Gasteiger partial charge is 0.420 e. The molecule has 0 spiro atoms. The third kappa shape index (κ3) is 5.34. The largest absolute Gasteiger partial charge is 0.493 e. The van der Waals surface area contributed by atoms with Crippen molar-refractivity contribution in [1.82, 2.24) is 9.55 Å². The van der Waals surface area contributed by atoms with Crippen LogP contribution in [0, 0.1) is 0 Å². The lowest BCUT2D eigenvalue weighted by Crippen LogP contribution is -2.36. The number of imidazole rings is 1. The predicted octanol–water partition coefficient (Wildman–Crippen LogP) is 7.64. The molecule has 4 aromatic carbocycles. The molecule has 5 aromatic rings. The average molecular weight is 574 g/mol. The number of halogens is 3. The van der Waals surface area contributed by atoms with E-state index in [4.69, 9.17) is 19.2 Å². The lowest BCUT2D eigenvalue weighted by atomic mass is 10.0. The average Bonchev–Trinajstić information content (AvgIpc) is 3.29. The number of aryl methyl sites for hydroxylation is 1. The van der Waals surface area contributed by atoms with Crippen LogP contribution in [0.3, 0.4) is 0 Å². The van der Waals surface area contributed by atoms with E-state index in [1.165, 1.54) is 13.2 Å². The van der Waals surface area contributed by atoms with E-state index in [9.17, 15) is 0 Å². The van der Waals surface area contributed by atoms with Crippen LogP contribution in [0.5, 0.6) is 17.2 Å². The highest BCUT2D eigenvalue weighted by molar-refractivity contribution is 5.86. The molecule has 6 rings (SSSR count). The number of aromatic nitrogens is 2. The number of ether oxygens (including phenoxy) is 3. The van der Waals surface area contributed by atoms with Crippen LogP contribution in [-0.2, 0) is 26.4 Å². The van der Waals surface area contributed by atoms with Crippen LogP contribution < -0.4 is 19.1 Å². The third-order valence-corrected chi connectivity index (χ3v) is 7.48. The van der Waals surface area contributed by atoms with E-state index in [1.807, 2.05) is 54.6 Å². The summed E-state index contributed by atoms with van der Waals surface area (Å²) < 4.78 is 64.6. The molecule has 1 saturated heterocycles. The van der Waals surface area contributed by atoms with Gasteiger partial charge in [-0.2, -0.15) is 13.2 Å². The number of hydrogen-bond donors (Lipinski definition) is 0. The standard InChI is InChI=1S/C33H30F3N3O3/c1-38-27-15-14-24(39-16-9-17-39)18-26(27)37-32(38)25-19-28(40-2)30(41-20-22-10-5-3-6-11-22)31(29(25)33(34,35)36)42-21-23-12-7-4-8-13-23/h3-8,10-15,18-19H,9,16-17,20-21H2,1-2H3. The van der Waals surface area contributed by atoms with E-state index in [0.717, 1.165) is 36.3 Å². The van der Waals surface area contributed by atoms with Gasteiger partial charge in [-0.1, -0.05) is 60.7 Å². The summed E-state index contributed by atoms with van der Waals surface area (Å²) in [6, 6.07) is 25.4. The summed E-state index contributed by atoms with van der Waals surface area (Å²) in [6.45, 7) is 1.83. The van der Waals surface area contributed by atoms with Crippen molar-refractivity contribution < 1.29 is 27.4 Å². The lowest BCUT2D eigenvalue weighted by molar-refractivity contribution is -0.138. The van der Waals surface area contributed by atoms with Crippen molar-refractivity contribution in [1.29, 1.82) is 0 Å². The minimum Gasteiger partial charge on any atom is -0.493 e. The van der Waals surface area contributed by atoms with Crippen molar-refractivity contribution >= 4 is 16.7 Å². The number of rotatable bonds is 9. The quantitative estimate of drug-likeness (QED) is 0.181. The van der Waals surface area contributed by atoms with E-state index in [1.54, 1.807) is 35.9 Å². The molecule has 0 saturated carbocycles. The summed E-state index contributed by atoms with van der Waals surface area (Å²) in [5.74, 6) is -0.293. The van der Waals surface area contributed by atoms with E-state index in [0.29, 0.717) is 11.1 Å². The number of hydrogen-bond acceptors (Lipinski definition) is 5. The fourth-order valence-electron chi connectivity index (χ4n) is 5.16. The molecular formula is C33H30F3N3O3. The fourth-order valence-corrected chi connectivity index (χ4v) is 5.16. The minimum absolute atomic E-state index is 0.0289. The fraction of sp³-hybridized carbons (Fsp3) is 0.242. The van der Waals surface area contributed by atoms with Gasteiger partial charge >= 0.3 is 6.18 Å². The first-order valence-electron chi connectivity index (χ1n) is 13.7. The maximum absolute atomic E-state index is 15.1. The van der Waals surface area contributed by atoms with E-state index in [2.05, 4.69) is 4.90 Å². The monoisotopic (exact) mass is 573 g/mol. The Morgan fingerprint density at radius 1 is 0.810 bits per heavy atom. The molecule has 1 aliphatic heterocycles. The Labute approximate surface area is 241 Å². The summed E-state index contributed by atoms with van der Waals surface area (Å²) in [5, 5.41) is 0. The van der Waals surface area contributed by atoms with Gasteiger partial charge in [-0.25, -0.2) is 4.98 Å². The molecular weight excluding hydrogens is 543 g/mol. The number of benzene rings is 4. The van der Waals surface area contributed by atoms with Crippen LogP contribution >= 0.6 is 0 Å². The second-order valence-corrected chi connectivity index (χ2v) is 10.2. The van der Waals surface area contributed by atoms with Crippen LogP contribution in [0.25, 0.3) is 22.4 Å². The minimum atomic E-state index is -4.79. The summed E-state index contributed by atoms with van der Waals surface area (Å²) in [5.41, 5.74) is 2.72. The Morgan fingerprint density at radius 2 is 1.43 bits per heavy atom. The number of alkyl halides is 3. The van der Waals surface area contributed by atoms with E-state index >= 15 is 13.2 Å². The van der Waals surface area contributed by atoms with Crippen molar-refractivity contribution in [2.45, 2.75) is 25.8 Å². The second-order valence-electron chi connectivity index (χ2n) is 10.2. The van der Waals surface area contributed by atoms with Gasteiger partial charge in [0, 0.05) is 31.4 Å². The Balaban J connectivity index is 1.52. The molecule has 0 amide bonds. The summed E-state index contributed by atoms with van der Waals surface area (Å²) in [7, 11) is 3.11. The maximum Gasteiger partial charge on any atom is 0.420 e. The number of anilines is 1. The first-order valence-corrected chi connectivity index (χ1v) is 13.7. The molecule has 2 heterocycles. The van der Waals surface area contributed by atoms with E-state index in [-0.39, 0.29) is 36.1 Å². The molecule has 0 N–H and O–H groups in total. The van der Waals surface area contributed by atoms with Gasteiger partial charge in [0.05, 0.1) is 18.1 Å². The molecule has 0 atom stereocenters. The molecule has 42 heavy (non-hydrogen) atoms. The van der Waals surface area contributed by atoms with Crippen LogP contribution in [0.1, 0.15) is 23.1 Å². The zero-order valence-electron chi connectivity index (χ0n) is 23.3. The third-order valence-electron chi connectivity index (χ3n) is 7.48. The number of methoxy groups -OCH3 is 1. The first-order chi connectivity index (χ1) is 20.3. The molecule has 0 bridgehead atoms. The maximum atomic E-state index is 15.1. The van der Waals surface area contributed by atoms with Gasteiger partial charge in [0.2, 0.25) is 5.75 Å². The highest BCUT2D eigenvalue weighted by Crippen LogP contribution is 2.52. The van der Waals surface area contributed by atoms with Gasteiger partial charge in [0.15, 0.2) is 11.5 Å². The van der Waals surface area contributed by atoms with Crippen molar-refractivity contribution in [2.75, 3.05) is 25.1 Å². The van der Waals surface area contributed by atoms with Crippen molar-refractivity contribution in [3.63, 3.8) is 0 Å². The van der Waals surface area contributed by atoms with E-state index < -0.39 is 17.5 Å². The van der Waals surface area contributed by atoms with Gasteiger partial charge in [0.1, 0.15) is 24.6 Å². The molecule has 0 unspecified atom stereocenters. The van der Waals surface area contributed by atoms with Crippen LogP contribution in [0.2, 0.25) is 0 Å². The molecule has 9 heteroatoms. The molecule has 0 radical (unpaired) electrons. The topological polar surface area (TPSA) is 48.8 Å². The lowest BCUT2D eigenvalue weighted by Gasteiger charge is -2.33. The van der Waals surface area contributed by atoms with Gasteiger partial charge in [0.25, 0.3) is 0 Å². The first kappa shape index (κ1) is 27.5. The van der Waals surface area contributed by atoms with Gasteiger partial charge in [-0.15, -0.1) is 0 Å². The SMILES string of the molecule is COc1cc(-c2nc3cc(N4CCC4)ccc3n2C)c(C(F)(F)F)c(OCc2ccccc2)c1OCc1ccccc1. The van der Waals surface area contributed by atoms with Crippen molar-refractivity contribution in [2.24, 2.45) is 7.05 Å². The second kappa shape index (κ2) is 11.3. The van der Waals surface area contributed by atoms with Crippen LogP contribution in [0.4, 0.5) is 18.9 Å². The van der Waals surface area contributed by atoms with Gasteiger partial charge in [-0.3, -0.25) is 0 Å². The number of fused-ring (bicyclic) bond motifs is 1. The van der Waals surface area contributed by atoms with Crippen LogP contribution in [-0.4, -0.2) is 29.8 Å². The summed E-state index contributed by atoms with van der Waals surface area (Å²) in [4.78, 5) is 6.92. The summed E-state index contributed by atoms with van der Waals surface area (Å²) >= 11 is 0. The van der Waals surface area contributed by atoms with Crippen molar-refractivity contribution in [3.05, 3.63) is 102 Å². The number of nitrogens with zero attached hydrogens (tertiary/aromatic N) is 3. The Bertz CT molecular complexity index is 1700. The molecule has 216 valence electrons. The molecule has 0 aliphatic carbocycles. The van der Waals surface area contributed by atoms with Crippen LogP contribution in [0.15, 0.2) is 84.9 Å². The Morgan fingerprint density at radius 3 is 1.98 bits per heavy atom. The highest BCUT2D eigenvalue weighted by atomic mass is 19.4. The van der Waals surface area contributed by atoms with Gasteiger partial charge in [-0.05, 0) is 41.8 Å². The molecule has 1 aliphatic rings. The molecule has 1 fully saturated rings. The predicted molar refractivity (Wildman–Crippen MR) is 156 cm³/mol. The summed E-state index contributed by atoms with van der Waals surface area (Å²) in [6.07, 6.45) is -3.68. The molecule has 6 nitrogen and oxygen atoms in total. The highest BCUT2D eigenvalue weighted by Gasteiger charge is 2.42.